The molecule has 0 aromatic carbocycles. The maximum Gasteiger partial charge on any atom is 0.402 e. The van der Waals surface area contributed by atoms with Gasteiger partial charge in [-0.1, -0.05) is 286 Å². The van der Waals surface area contributed by atoms with Gasteiger partial charge in [-0.2, -0.15) is 65.9 Å². The highest BCUT2D eigenvalue weighted by Gasteiger charge is 2.66. The van der Waals surface area contributed by atoms with Crippen molar-refractivity contribution in [2.75, 3.05) is 6.67 Å². The standard InChI is InChI=1S/C7H10F6.2C7H16.3C6H11F3.2C6H12F2.C6H13F.2C6H14.C5H10F2/c1-3-4-5(2,6(8,9)10)7(11,12)13;2*1-5-6-7(2,3)4;1-4-5(2,3)6(7,8)9;2*1-3-4-5(2)6(7,8)9;1-4-6(7,8)5(2)3;1-3-4-5(2)6(7)8;1-3-4-6(2)5-7;1-5-6(2,3)4;1-4-5-6(2)3;1-3-4(2)5(6)7/h3-4H2,1-2H3;2*5-6H2,1-4H3;4H2,1-3H3;2*5H,3-4H2,1-2H3;5H,4H2,1-3H3;5-6H,3-4H2,1-2H3;6H,3-5H2,1-2H3;5H2,1-4H3;6H,4-5H2,1-3H3;4-5H,3H2,1-2H3/i;;;;3D2;;;;;5D2;;. The molecule has 0 heterocycles. The van der Waals surface area contributed by atoms with Crippen molar-refractivity contribution in [3.63, 3.8) is 0 Å². The zero-order valence-corrected chi connectivity index (χ0v) is 66.4. The fourth-order valence-corrected chi connectivity index (χ4v) is 5.98. The molecule has 5 atom stereocenters. The highest BCUT2D eigenvalue weighted by Crippen LogP contribution is 2.52. The molecule has 0 amide bonds. The number of halogens is 22. The molecule has 0 spiro atoms. The van der Waals surface area contributed by atoms with Gasteiger partial charge in [-0.25, -0.2) is 26.3 Å². The van der Waals surface area contributed by atoms with E-state index in [0.717, 1.165) is 39.0 Å². The summed E-state index contributed by atoms with van der Waals surface area (Å²) in [4.78, 5) is 0. The molecule has 0 rings (SSSR count). The second kappa shape index (κ2) is 63.2. The molecule has 600 valence electrons. The normalized spacial score (nSPS) is 14.7. The van der Waals surface area contributed by atoms with E-state index < -0.39 is 116 Å². The minimum Gasteiger partial charge on any atom is -0.251 e. The molecule has 0 aromatic heterocycles. The highest BCUT2D eigenvalue weighted by molar-refractivity contribution is 4.88. The van der Waals surface area contributed by atoms with Crippen LogP contribution in [0.2, 0.25) is 0 Å². The third-order valence-electron chi connectivity index (χ3n) is 14.2. The number of alkyl halides is 22. The summed E-state index contributed by atoms with van der Waals surface area (Å²) in [6, 6.07) is 0. The van der Waals surface area contributed by atoms with E-state index >= 15 is 0 Å². The number of hydrogen-bond acceptors (Lipinski definition) is 0. The molecule has 0 aliphatic carbocycles. The fraction of sp³-hybridized carbons (Fsp3) is 1.00. The van der Waals surface area contributed by atoms with Crippen LogP contribution in [0.3, 0.4) is 0 Å². The van der Waals surface area contributed by atoms with Crippen molar-refractivity contribution in [2.45, 2.75) is 406 Å². The average Bonchev–Trinajstić information content (AvgIpc) is 0.778. The molecule has 0 aromatic rings. The molecule has 22 heteroatoms. The van der Waals surface area contributed by atoms with Crippen molar-refractivity contribution in [3.05, 3.63) is 0 Å². The molecule has 0 N–H and O–H groups in total. The summed E-state index contributed by atoms with van der Waals surface area (Å²) in [5.74, 6) is -5.35. The summed E-state index contributed by atoms with van der Waals surface area (Å²) in [5, 5.41) is 0. The van der Waals surface area contributed by atoms with Crippen LogP contribution in [0, 0.1) is 68.5 Å². The Morgan fingerprint density at radius 2 is 0.646 bits per heavy atom. The average molecular weight is 1460 g/mol. The summed E-state index contributed by atoms with van der Waals surface area (Å²) < 4.78 is 289. The summed E-state index contributed by atoms with van der Waals surface area (Å²) >= 11 is 0. The van der Waals surface area contributed by atoms with Crippen LogP contribution in [0.15, 0.2) is 0 Å². The van der Waals surface area contributed by atoms with Crippen molar-refractivity contribution in [1.29, 1.82) is 0 Å². The van der Waals surface area contributed by atoms with Crippen molar-refractivity contribution in [3.8, 4) is 0 Å². The van der Waals surface area contributed by atoms with E-state index in [4.69, 9.17) is 5.48 Å². The Labute approximate surface area is 582 Å². The molecule has 0 bridgehead atoms. The fourth-order valence-electron chi connectivity index (χ4n) is 5.98. The van der Waals surface area contributed by atoms with Crippen LogP contribution < -0.4 is 0 Å². The van der Waals surface area contributed by atoms with Crippen LogP contribution in [0.5, 0.6) is 0 Å². The predicted molar refractivity (Wildman–Crippen MR) is 369 cm³/mol. The van der Waals surface area contributed by atoms with Crippen LogP contribution >= 0.6 is 0 Å². The van der Waals surface area contributed by atoms with Crippen molar-refractivity contribution in [1.82, 2.24) is 0 Å². The summed E-state index contributed by atoms with van der Waals surface area (Å²) in [5.41, 5.74) is -4.22. The molecular formula is C74H150F22. The molecule has 0 radical (unpaired) electrons. The van der Waals surface area contributed by atoms with E-state index in [1.165, 1.54) is 93.9 Å². The first-order chi connectivity index (χ1) is 43.8. The second-order valence-electron chi connectivity index (χ2n) is 29.5. The van der Waals surface area contributed by atoms with E-state index in [0.29, 0.717) is 30.1 Å². The Hall–Kier alpha value is -1.54. The lowest BCUT2D eigenvalue weighted by Crippen LogP contribution is -2.47. The molecule has 0 aliphatic heterocycles. The van der Waals surface area contributed by atoms with Crippen molar-refractivity contribution in [2.24, 2.45) is 68.5 Å². The predicted octanol–water partition coefficient (Wildman–Crippen LogP) is 33.5. The zero-order chi connectivity index (χ0) is 84.1. The van der Waals surface area contributed by atoms with Gasteiger partial charge >= 0.3 is 30.9 Å². The molecule has 0 fully saturated rings. The van der Waals surface area contributed by atoms with E-state index in [1.807, 2.05) is 34.6 Å². The molecule has 96 heavy (non-hydrogen) atoms. The van der Waals surface area contributed by atoms with Gasteiger partial charge < -0.3 is 0 Å². The molecule has 0 aliphatic rings. The molecule has 0 saturated heterocycles. The van der Waals surface area contributed by atoms with Gasteiger partial charge in [0.2, 0.25) is 18.8 Å². The zero-order valence-electron chi connectivity index (χ0n) is 70.4. The van der Waals surface area contributed by atoms with E-state index in [2.05, 4.69) is 83.1 Å². The number of rotatable bonds is 21. The van der Waals surface area contributed by atoms with Crippen molar-refractivity contribution < 1.29 is 102 Å². The van der Waals surface area contributed by atoms with Gasteiger partial charge in [0.15, 0.2) is 5.41 Å². The van der Waals surface area contributed by atoms with Crippen LogP contribution in [0.25, 0.3) is 0 Å². The summed E-state index contributed by atoms with van der Waals surface area (Å²) in [6.07, 6.45) is -18.3. The van der Waals surface area contributed by atoms with Gasteiger partial charge in [-0.05, 0) is 92.8 Å². The van der Waals surface area contributed by atoms with Gasteiger partial charge in [-0.15, -0.1) is 0 Å². The van der Waals surface area contributed by atoms with Crippen molar-refractivity contribution >= 4 is 0 Å². The maximum absolute atomic E-state index is 12.3. The van der Waals surface area contributed by atoms with Gasteiger partial charge in [0.25, 0.3) is 0 Å². The van der Waals surface area contributed by atoms with Gasteiger partial charge in [0.1, 0.15) is 0 Å². The van der Waals surface area contributed by atoms with Gasteiger partial charge in [0, 0.05) is 29.7 Å². The molecular weight excluding hydrogens is 1310 g/mol. The highest BCUT2D eigenvalue weighted by atomic mass is 19.4. The molecule has 5 unspecified atom stereocenters. The van der Waals surface area contributed by atoms with Crippen LogP contribution in [-0.4, -0.2) is 56.3 Å². The Morgan fingerprint density at radius 3 is 0.698 bits per heavy atom. The Balaban J connectivity index is -0.0000000850. The topological polar surface area (TPSA) is 0 Å². The Bertz CT molecular complexity index is 1660. The first-order valence-corrected chi connectivity index (χ1v) is 34.6. The maximum atomic E-state index is 12.3. The third-order valence-corrected chi connectivity index (χ3v) is 14.2. The summed E-state index contributed by atoms with van der Waals surface area (Å²) in [6.45, 7) is 57.9. The lowest BCUT2D eigenvalue weighted by molar-refractivity contribution is -0.336. The second-order valence-corrected chi connectivity index (χ2v) is 29.5. The van der Waals surface area contributed by atoms with E-state index in [-0.39, 0.29) is 50.6 Å². The smallest absolute Gasteiger partial charge is 0.251 e. The third kappa shape index (κ3) is 92.5. The largest absolute Gasteiger partial charge is 0.402 e. The van der Waals surface area contributed by atoms with E-state index in [1.54, 1.807) is 34.6 Å². The van der Waals surface area contributed by atoms with Gasteiger partial charge in [0.05, 0.1) is 23.9 Å². The van der Waals surface area contributed by atoms with Crippen LogP contribution in [0.1, 0.15) is 362 Å². The SMILES string of the molecule is CCC(C)(C)C(F)(F)F.CCC(C)C(F)F.CCC(F)(F)C(C)C.CCCC(C)(C(F)(F)F)C(F)(F)F.CCCC(C)(C)C.CCCC(C)(C)C.CCCC(C)C.CCCC(C)C(F)(F)F.CCCC(C)C(F)F.CCCC(C)CF.[2H]C([2H])(C)C(C)(C)C.[2H]C([2H])(C)CC(C)C(F)(F)F. The Kier molecular flexibility index (Phi) is 72.6. The monoisotopic (exact) mass is 1460 g/mol. The minimum absolute atomic E-state index is 0.0509. The quantitative estimate of drug-likeness (QED) is 0.101. The van der Waals surface area contributed by atoms with E-state index in [9.17, 15) is 96.6 Å². The van der Waals surface area contributed by atoms with Crippen LogP contribution in [-0.2, 0) is 0 Å². The van der Waals surface area contributed by atoms with Gasteiger partial charge in [-0.3, -0.25) is 4.39 Å². The first-order valence-electron chi connectivity index (χ1n) is 36.6. The minimum atomic E-state index is -5.23. The number of hydrogen-bond donors (Lipinski definition) is 0. The lowest BCUT2D eigenvalue weighted by Gasteiger charge is -2.33. The first kappa shape index (κ1) is 110. The molecule has 0 nitrogen and oxygen atoms in total. The Morgan fingerprint density at radius 1 is 0.344 bits per heavy atom. The molecule has 0 saturated carbocycles. The lowest BCUT2D eigenvalue weighted by atomic mass is 9.84. The summed E-state index contributed by atoms with van der Waals surface area (Å²) in [7, 11) is 0. The van der Waals surface area contributed by atoms with Crippen LogP contribution in [0.4, 0.5) is 96.6 Å².